The molecule has 0 aliphatic rings. The van der Waals surface area contributed by atoms with Crippen molar-refractivity contribution >= 4 is 5.91 Å². The molecule has 2 N–H and O–H groups in total. The van der Waals surface area contributed by atoms with E-state index in [-0.39, 0.29) is 25.6 Å². The lowest BCUT2D eigenvalue weighted by Crippen LogP contribution is -2.34. The number of nitrogens with one attached hydrogen (secondary N) is 2. The lowest BCUT2D eigenvalue weighted by Gasteiger charge is -2.08. The number of rotatable bonds is 6. The molecule has 0 atom stereocenters. The number of hydrogen-bond acceptors (Lipinski definition) is 3. The molecular weight excluding hydrogens is 201 g/mol. The van der Waals surface area contributed by atoms with Crippen LogP contribution in [0.3, 0.4) is 0 Å². The van der Waals surface area contributed by atoms with Gasteiger partial charge in [0, 0.05) is 6.54 Å². The Balaban J connectivity index is 3.26. The Labute approximate surface area is 79.8 Å². The summed E-state index contributed by atoms with van der Waals surface area (Å²) in [5.41, 5.74) is 0. The smallest absolute Gasteiger partial charge is 0.370 e. The minimum absolute atomic E-state index is 0.0800. The molecule has 0 radical (unpaired) electrons. The van der Waals surface area contributed by atoms with E-state index >= 15 is 0 Å². The number of carbonyl (C=O) groups is 1. The summed E-state index contributed by atoms with van der Waals surface area (Å²) in [7, 11) is 1.60. The minimum atomic E-state index is -4.31. The van der Waals surface area contributed by atoms with Gasteiger partial charge in [-0.2, -0.15) is 13.2 Å². The third-order valence-corrected chi connectivity index (χ3v) is 1.17. The average Bonchev–Trinajstić information content (AvgIpc) is 2.02. The Morgan fingerprint density at radius 1 is 1.43 bits per heavy atom. The summed E-state index contributed by atoms with van der Waals surface area (Å²) in [6.45, 7) is -1.21. The third kappa shape index (κ3) is 9.27. The lowest BCUT2D eigenvalue weighted by molar-refractivity contribution is -0.173. The molecule has 1 amide bonds. The van der Waals surface area contributed by atoms with Crippen molar-refractivity contribution in [1.29, 1.82) is 0 Å². The second kappa shape index (κ2) is 6.61. The molecular formula is C7H13F3N2O2. The van der Waals surface area contributed by atoms with E-state index in [2.05, 4.69) is 15.4 Å². The standard InChI is InChI=1S/C7H13F3N2O2/c1-11-4-6(13)12-2-3-14-5-7(8,9)10/h11H,2-5H2,1H3,(H,12,13). The van der Waals surface area contributed by atoms with Crippen LogP contribution >= 0.6 is 0 Å². The molecule has 7 heteroatoms. The molecule has 0 saturated heterocycles. The largest absolute Gasteiger partial charge is 0.411 e. The lowest BCUT2D eigenvalue weighted by atomic mass is 10.5. The maximum absolute atomic E-state index is 11.5. The minimum Gasteiger partial charge on any atom is -0.370 e. The quantitative estimate of drug-likeness (QED) is 0.607. The van der Waals surface area contributed by atoms with Crippen LogP contribution < -0.4 is 10.6 Å². The molecule has 0 aromatic carbocycles. The number of hydrogen-bond donors (Lipinski definition) is 2. The van der Waals surface area contributed by atoms with Crippen molar-refractivity contribution < 1.29 is 22.7 Å². The van der Waals surface area contributed by atoms with Crippen molar-refractivity contribution in [2.45, 2.75) is 6.18 Å². The first kappa shape index (κ1) is 13.2. The Hall–Kier alpha value is -0.820. The van der Waals surface area contributed by atoms with Crippen LogP contribution in [0.5, 0.6) is 0 Å². The molecule has 4 nitrogen and oxygen atoms in total. The van der Waals surface area contributed by atoms with E-state index in [1.807, 2.05) is 0 Å². The molecule has 0 spiro atoms. The highest BCUT2D eigenvalue weighted by molar-refractivity contribution is 5.77. The number of carbonyl (C=O) groups excluding carboxylic acids is 1. The summed E-state index contributed by atoms with van der Waals surface area (Å²) in [5.74, 6) is -0.275. The van der Waals surface area contributed by atoms with Crippen molar-refractivity contribution in [3.8, 4) is 0 Å². The maximum atomic E-state index is 11.5. The van der Waals surface area contributed by atoms with Crippen LogP contribution in [0, 0.1) is 0 Å². The van der Waals surface area contributed by atoms with Crippen LogP contribution in [0.25, 0.3) is 0 Å². The second-order valence-corrected chi connectivity index (χ2v) is 2.55. The fraction of sp³-hybridized carbons (Fsp3) is 0.857. The van der Waals surface area contributed by atoms with E-state index in [0.29, 0.717) is 0 Å². The van der Waals surface area contributed by atoms with E-state index in [9.17, 15) is 18.0 Å². The second-order valence-electron chi connectivity index (χ2n) is 2.55. The first-order chi connectivity index (χ1) is 6.45. The van der Waals surface area contributed by atoms with Crippen molar-refractivity contribution in [3.05, 3.63) is 0 Å². The average molecular weight is 214 g/mol. The molecule has 0 heterocycles. The Bertz CT molecular complexity index is 173. The number of halogens is 3. The highest BCUT2D eigenvalue weighted by Crippen LogP contribution is 2.13. The van der Waals surface area contributed by atoms with Gasteiger partial charge in [-0.25, -0.2) is 0 Å². The van der Waals surface area contributed by atoms with E-state index in [4.69, 9.17) is 0 Å². The molecule has 0 aromatic heterocycles. The molecule has 14 heavy (non-hydrogen) atoms. The van der Waals surface area contributed by atoms with Gasteiger partial charge in [-0.1, -0.05) is 0 Å². The van der Waals surface area contributed by atoms with Gasteiger partial charge < -0.3 is 15.4 Å². The maximum Gasteiger partial charge on any atom is 0.411 e. The number of likely N-dealkylation sites (N-methyl/N-ethyl adjacent to an activating group) is 1. The fourth-order valence-electron chi connectivity index (χ4n) is 0.674. The van der Waals surface area contributed by atoms with Gasteiger partial charge in [-0.3, -0.25) is 4.79 Å². The van der Waals surface area contributed by atoms with Gasteiger partial charge in [0.15, 0.2) is 0 Å². The van der Waals surface area contributed by atoms with Crippen LogP contribution in [0.2, 0.25) is 0 Å². The van der Waals surface area contributed by atoms with Gasteiger partial charge in [-0.15, -0.1) is 0 Å². The normalized spacial score (nSPS) is 11.4. The molecule has 0 fully saturated rings. The number of alkyl halides is 3. The summed E-state index contributed by atoms with van der Waals surface area (Å²) < 4.78 is 38.9. The summed E-state index contributed by atoms with van der Waals surface area (Å²) in [4.78, 5) is 10.8. The van der Waals surface area contributed by atoms with E-state index in [1.54, 1.807) is 7.05 Å². The SMILES string of the molecule is CNCC(=O)NCCOCC(F)(F)F. The highest BCUT2D eigenvalue weighted by atomic mass is 19.4. The van der Waals surface area contributed by atoms with Crippen molar-refractivity contribution in [2.75, 3.05) is 33.4 Å². The molecule has 0 rings (SSSR count). The highest BCUT2D eigenvalue weighted by Gasteiger charge is 2.27. The van der Waals surface area contributed by atoms with Crippen LogP contribution in [0.15, 0.2) is 0 Å². The predicted octanol–water partition coefficient (Wildman–Crippen LogP) is -0.0991. The summed E-state index contributed by atoms with van der Waals surface area (Å²) in [6.07, 6.45) is -4.31. The molecule has 0 saturated carbocycles. The zero-order chi connectivity index (χ0) is 11.0. The first-order valence-electron chi connectivity index (χ1n) is 4.01. The van der Waals surface area contributed by atoms with Crippen LogP contribution in [0.1, 0.15) is 0 Å². The number of ether oxygens (including phenoxy) is 1. The van der Waals surface area contributed by atoms with Gasteiger partial charge >= 0.3 is 6.18 Å². The van der Waals surface area contributed by atoms with Gasteiger partial charge in [0.1, 0.15) is 6.61 Å². The van der Waals surface area contributed by atoms with Crippen LogP contribution in [-0.4, -0.2) is 45.4 Å². The Morgan fingerprint density at radius 3 is 2.57 bits per heavy atom. The Morgan fingerprint density at radius 2 is 2.07 bits per heavy atom. The summed E-state index contributed by atoms with van der Waals surface area (Å²) in [5, 5.41) is 4.98. The molecule has 84 valence electrons. The van der Waals surface area contributed by atoms with E-state index in [0.717, 1.165) is 0 Å². The summed E-state index contributed by atoms with van der Waals surface area (Å²) >= 11 is 0. The monoisotopic (exact) mass is 214 g/mol. The Kier molecular flexibility index (Phi) is 6.22. The number of amides is 1. The molecule has 0 aromatic rings. The van der Waals surface area contributed by atoms with Gasteiger partial charge in [0.25, 0.3) is 0 Å². The van der Waals surface area contributed by atoms with Gasteiger partial charge in [-0.05, 0) is 7.05 Å². The fourth-order valence-corrected chi connectivity index (χ4v) is 0.674. The molecule has 0 bridgehead atoms. The molecule has 0 aliphatic carbocycles. The van der Waals surface area contributed by atoms with Crippen molar-refractivity contribution in [1.82, 2.24) is 10.6 Å². The van der Waals surface area contributed by atoms with Crippen LogP contribution in [0.4, 0.5) is 13.2 Å². The zero-order valence-electron chi connectivity index (χ0n) is 7.78. The first-order valence-corrected chi connectivity index (χ1v) is 4.01. The van der Waals surface area contributed by atoms with Gasteiger partial charge in [0.2, 0.25) is 5.91 Å². The van der Waals surface area contributed by atoms with Crippen molar-refractivity contribution in [2.24, 2.45) is 0 Å². The third-order valence-electron chi connectivity index (χ3n) is 1.17. The molecule has 0 aliphatic heterocycles. The summed E-state index contributed by atoms with van der Waals surface area (Å²) in [6, 6.07) is 0. The van der Waals surface area contributed by atoms with Gasteiger partial charge in [0.05, 0.1) is 13.2 Å². The predicted molar refractivity (Wildman–Crippen MR) is 43.8 cm³/mol. The topological polar surface area (TPSA) is 50.4 Å². The van der Waals surface area contributed by atoms with Crippen molar-refractivity contribution in [3.63, 3.8) is 0 Å². The molecule has 0 unspecified atom stereocenters. The van der Waals surface area contributed by atoms with Crippen LogP contribution in [-0.2, 0) is 9.53 Å². The zero-order valence-corrected chi connectivity index (χ0v) is 7.78. The van der Waals surface area contributed by atoms with E-state index in [1.165, 1.54) is 0 Å². The van der Waals surface area contributed by atoms with E-state index < -0.39 is 12.8 Å².